The maximum Gasteiger partial charge on any atom is 0.256 e. The number of benzene rings is 2. The summed E-state index contributed by atoms with van der Waals surface area (Å²) in [6, 6.07) is 15.5. The SMILES string of the molecule is Cc1cc(NC(=O)c2ccc3ccccc3c2)n(C)n1. The Bertz CT molecular complexity index is 789. The average molecular weight is 265 g/mol. The quantitative estimate of drug-likeness (QED) is 0.773. The highest BCUT2D eigenvalue weighted by Crippen LogP contribution is 2.17. The van der Waals surface area contributed by atoms with Crippen LogP contribution in [0.2, 0.25) is 0 Å². The molecule has 0 aliphatic carbocycles. The van der Waals surface area contributed by atoms with Gasteiger partial charge in [0.1, 0.15) is 5.82 Å². The van der Waals surface area contributed by atoms with Crippen LogP contribution in [0.3, 0.4) is 0 Å². The highest BCUT2D eigenvalue weighted by atomic mass is 16.1. The lowest BCUT2D eigenvalue weighted by molar-refractivity contribution is 0.102. The van der Waals surface area contributed by atoms with E-state index >= 15 is 0 Å². The summed E-state index contributed by atoms with van der Waals surface area (Å²) in [5.74, 6) is 0.569. The van der Waals surface area contributed by atoms with E-state index in [4.69, 9.17) is 0 Å². The van der Waals surface area contributed by atoms with Gasteiger partial charge < -0.3 is 5.32 Å². The van der Waals surface area contributed by atoms with E-state index in [1.54, 1.807) is 4.68 Å². The number of anilines is 1. The molecule has 20 heavy (non-hydrogen) atoms. The standard InChI is InChI=1S/C16H15N3O/c1-11-9-15(19(2)18-11)17-16(20)14-8-7-12-5-3-4-6-13(12)10-14/h3-10H,1-2H3,(H,17,20). The van der Waals surface area contributed by atoms with Gasteiger partial charge in [-0.1, -0.05) is 30.3 Å². The van der Waals surface area contributed by atoms with Crippen molar-refractivity contribution in [2.24, 2.45) is 7.05 Å². The van der Waals surface area contributed by atoms with Crippen LogP contribution >= 0.6 is 0 Å². The summed E-state index contributed by atoms with van der Waals surface area (Å²) in [5, 5.41) is 9.27. The number of hydrogen-bond donors (Lipinski definition) is 1. The molecule has 4 heteroatoms. The maximum atomic E-state index is 12.3. The van der Waals surface area contributed by atoms with Crippen LogP contribution in [0.15, 0.2) is 48.5 Å². The number of amides is 1. The topological polar surface area (TPSA) is 46.9 Å². The van der Waals surface area contributed by atoms with Crippen molar-refractivity contribution >= 4 is 22.5 Å². The number of nitrogens with one attached hydrogen (secondary N) is 1. The molecular weight excluding hydrogens is 250 g/mol. The van der Waals surface area contributed by atoms with E-state index in [9.17, 15) is 4.79 Å². The van der Waals surface area contributed by atoms with Crippen molar-refractivity contribution in [2.45, 2.75) is 6.92 Å². The molecule has 0 fully saturated rings. The normalized spacial score (nSPS) is 10.7. The van der Waals surface area contributed by atoms with Gasteiger partial charge in [0.25, 0.3) is 5.91 Å². The van der Waals surface area contributed by atoms with E-state index in [1.165, 1.54) is 0 Å². The Morgan fingerprint density at radius 3 is 2.55 bits per heavy atom. The van der Waals surface area contributed by atoms with Gasteiger partial charge in [0.05, 0.1) is 5.69 Å². The van der Waals surface area contributed by atoms with Gasteiger partial charge in [-0.2, -0.15) is 5.10 Å². The van der Waals surface area contributed by atoms with Crippen molar-refractivity contribution in [1.82, 2.24) is 9.78 Å². The Morgan fingerprint density at radius 2 is 1.85 bits per heavy atom. The minimum absolute atomic E-state index is 0.126. The van der Waals surface area contributed by atoms with Gasteiger partial charge in [0.15, 0.2) is 0 Å². The number of fused-ring (bicyclic) bond motifs is 1. The highest BCUT2D eigenvalue weighted by molar-refractivity contribution is 6.06. The summed E-state index contributed by atoms with van der Waals surface area (Å²) < 4.78 is 1.66. The lowest BCUT2D eigenvalue weighted by Crippen LogP contribution is -2.14. The van der Waals surface area contributed by atoms with Crippen LogP contribution < -0.4 is 5.32 Å². The number of aromatic nitrogens is 2. The van der Waals surface area contributed by atoms with Gasteiger partial charge in [-0.25, -0.2) is 0 Å². The summed E-state index contributed by atoms with van der Waals surface area (Å²) in [4.78, 5) is 12.3. The Balaban J connectivity index is 1.90. The fraction of sp³-hybridized carbons (Fsp3) is 0.125. The average Bonchev–Trinajstić information content (AvgIpc) is 2.76. The molecule has 2 aromatic carbocycles. The number of hydrogen-bond acceptors (Lipinski definition) is 2. The number of carbonyl (C=O) groups excluding carboxylic acids is 1. The van der Waals surface area contributed by atoms with E-state index < -0.39 is 0 Å². The number of aryl methyl sites for hydroxylation is 2. The predicted octanol–water partition coefficient (Wildman–Crippen LogP) is 3.13. The van der Waals surface area contributed by atoms with Crippen molar-refractivity contribution < 1.29 is 4.79 Å². The first-order valence-electron chi connectivity index (χ1n) is 6.44. The smallest absolute Gasteiger partial charge is 0.256 e. The zero-order valence-corrected chi connectivity index (χ0v) is 11.4. The van der Waals surface area contributed by atoms with Gasteiger partial charge in [0.2, 0.25) is 0 Å². The van der Waals surface area contributed by atoms with Gasteiger partial charge in [-0.05, 0) is 29.8 Å². The van der Waals surface area contributed by atoms with E-state index in [0.29, 0.717) is 11.4 Å². The zero-order chi connectivity index (χ0) is 14.1. The van der Waals surface area contributed by atoms with Crippen molar-refractivity contribution in [3.05, 3.63) is 59.8 Å². The van der Waals surface area contributed by atoms with Gasteiger partial charge >= 0.3 is 0 Å². The number of carbonyl (C=O) groups is 1. The van der Waals surface area contributed by atoms with Crippen molar-refractivity contribution in [3.8, 4) is 0 Å². The van der Waals surface area contributed by atoms with Crippen LogP contribution in [-0.2, 0) is 7.05 Å². The first-order valence-corrected chi connectivity index (χ1v) is 6.44. The second-order valence-electron chi connectivity index (χ2n) is 4.81. The molecule has 1 amide bonds. The molecule has 0 saturated heterocycles. The van der Waals surface area contributed by atoms with Crippen LogP contribution in [0.4, 0.5) is 5.82 Å². The molecule has 0 aliphatic heterocycles. The zero-order valence-electron chi connectivity index (χ0n) is 11.4. The van der Waals surface area contributed by atoms with E-state index in [0.717, 1.165) is 16.5 Å². The second-order valence-corrected chi connectivity index (χ2v) is 4.81. The van der Waals surface area contributed by atoms with Gasteiger partial charge in [0, 0.05) is 18.7 Å². The largest absolute Gasteiger partial charge is 0.307 e. The third kappa shape index (κ3) is 2.28. The van der Waals surface area contributed by atoms with Crippen LogP contribution in [0.5, 0.6) is 0 Å². The first-order chi connectivity index (χ1) is 9.63. The minimum Gasteiger partial charge on any atom is -0.307 e. The lowest BCUT2D eigenvalue weighted by Gasteiger charge is -2.06. The van der Waals surface area contributed by atoms with Crippen LogP contribution in [0.25, 0.3) is 10.8 Å². The fourth-order valence-electron chi connectivity index (χ4n) is 2.25. The first kappa shape index (κ1) is 12.4. The molecule has 0 atom stereocenters. The molecule has 100 valence electrons. The molecule has 0 spiro atoms. The molecule has 0 unspecified atom stereocenters. The summed E-state index contributed by atoms with van der Waals surface area (Å²) in [6.45, 7) is 1.89. The molecule has 0 saturated carbocycles. The molecule has 0 radical (unpaired) electrons. The van der Waals surface area contributed by atoms with Crippen LogP contribution in [-0.4, -0.2) is 15.7 Å². The molecular formula is C16H15N3O. The predicted molar refractivity (Wildman–Crippen MR) is 79.8 cm³/mol. The molecule has 4 nitrogen and oxygen atoms in total. The highest BCUT2D eigenvalue weighted by Gasteiger charge is 2.09. The summed E-state index contributed by atoms with van der Waals surface area (Å²) in [7, 11) is 1.81. The third-order valence-corrected chi connectivity index (χ3v) is 3.26. The lowest BCUT2D eigenvalue weighted by atomic mass is 10.1. The third-order valence-electron chi connectivity index (χ3n) is 3.26. The summed E-state index contributed by atoms with van der Waals surface area (Å²) in [5.41, 5.74) is 1.52. The van der Waals surface area contributed by atoms with Crippen LogP contribution in [0.1, 0.15) is 16.1 Å². The Morgan fingerprint density at radius 1 is 1.10 bits per heavy atom. The number of rotatable bonds is 2. The van der Waals surface area contributed by atoms with Crippen molar-refractivity contribution in [2.75, 3.05) is 5.32 Å². The summed E-state index contributed by atoms with van der Waals surface area (Å²) >= 11 is 0. The molecule has 1 heterocycles. The minimum atomic E-state index is -0.126. The van der Waals surface area contributed by atoms with E-state index in [-0.39, 0.29) is 5.91 Å². The molecule has 3 aromatic rings. The van der Waals surface area contributed by atoms with Crippen molar-refractivity contribution in [1.29, 1.82) is 0 Å². The monoisotopic (exact) mass is 265 g/mol. The van der Waals surface area contributed by atoms with Gasteiger partial charge in [-0.15, -0.1) is 0 Å². The molecule has 0 bridgehead atoms. The Kier molecular flexibility index (Phi) is 2.99. The molecule has 3 rings (SSSR count). The molecule has 1 N–H and O–H groups in total. The molecule has 1 aromatic heterocycles. The maximum absolute atomic E-state index is 12.3. The van der Waals surface area contributed by atoms with E-state index in [1.807, 2.05) is 62.5 Å². The van der Waals surface area contributed by atoms with Crippen LogP contribution in [0, 0.1) is 6.92 Å². The second kappa shape index (κ2) is 4.81. The van der Waals surface area contributed by atoms with E-state index in [2.05, 4.69) is 10.4 Å². The van der Waals surface area contributed by atoms with Crippen molar-refractivity contribution in [3.63, 3.8) is 0 Å². The Labute approximate surface area is 117 Å². The Hall–Kier alpha value is -2.62. The van der Waals surface area contributed by atoms with Gasteiger partial charge in [-0.3, -0.25) is 9.48 Å². The molecule has 0 aliphatic rings. The summed E-state index contributed by atoms with van der Waals surface area (Å²) in [6.07, 6.45) is 0. The number of nitrogens with zero attached hydrogens (tertiary/aromatic N) is 2. The fourth-order valence-corrected chi connectivity index (χ4v) is 2.25.